The van der Waals surface area contributed by atoms with Gasteiger partial charge >= 0.3 is 6.09 Å². The molecule has 1 aromatic rings. The zero-order valence-corrected chi connectivity index (χ0v) is 15.4. The Hall–Kier alpha value is -1.59. The highest BCUT2D eigenvalue weighted by Gasteiger charge is 2.24. The van der Waals surface area contributed by atoms with Crippen molar-refractivity contribution in [2.75, 3.05) is 52.9 Å². The first-order valence-electron chi connectivity index (χ1n) is 9.57. The fourth-order valence-corrected chi connectivity index (χ4v) is 3.65. The van der Waals surface area contributed by atoms with Gasteiger partial charge in [-0.05, 0) is 44.3 Å². The van der Waals surface area contributed by atoms with Crippen LogP contribution in [0.3, 0.4) is 0 Å². The van der Waals surface area contributed by atoms with Crippen LogP contribution in [0.1, 0.15) is 24.8 Å². The van der Waals surface area contributed by atoms with Gasteiger partial charge in [-0.25, -0.2) is 4.79 Å². The number of piperazine rings is 1. The standard InChI is InChI=1S/C20H31N3O2/c1-21-13-15-22(16-14-21)10-7-18-8-11-23(12-9-18)20(24)25-17-19-5-3-2-4-6-19/h2-6,18H,7-17H2,1H3. The molecule has 138 valence electrons. The summed E-state index contributed by atoms with van der Waals surface area (Å²) in [6.45, 7) is 8.00. The molecule has 0 N–H and O–H groups in total. The van der Waals surface area contributed by atoms with E-state index in [4.69, 9.17) is 4.74 Å². The smallest absolute Gasteiger partial charge is 0.410 e. The van der Waals surface area contributed by atoms with Crippen LogP contribution in [0.2, 0.25) is 0 Å². The second-order valence-electron chi connectivity index (χ2n) is 7.40. The molecule has 0 spiro atoms. The fraction of sp³-hybridized carbons (Fsp3) is 0.650. The number of carbonyl (C=O) groups is 1. The van der Waals surface area contributed by atoms with Crippen molar-refractivity contribution in [1.29, 1.82) is 0 Å². The van der Waals surface area contributed by atoms with Gasteiger partial charge < -0.3 is 19.4 Å². The largest absolute Gasteiger partial charge is 0.445 e. The molecule has 0 aliphatic carbocycles. The Kier molecular flexibility index (Phi) is 6.70. The summed E-state index contributed by atoms with van der Waals surface area (Å²) in [6.07, 6.45) is 3.31. The second kappa shape index (κ2) is 9.20. The van der Waals surface area contributed by atoms with Gasteiger partial charge in [0.15, 0.2) is 0 Å². The van der Waals surface area contributed by atoms with Crippen molar-refractivity contribution in [3.63, 3.8) is 0 Å². The lowest BCUT2D eigenvalue weighted by atomic mass is 9.93. The van der Waals surface area contributed by atoms with Gasteiger partial charge in [-0.2, -0.15) is 0 Å². The Morgan fingerprint density at radius 1 is 1.04 bits per heavy atom. The van der Waals surface area contributed by atoms with E-state index < -0.39 is 0 Å². The summed E-state index contributed by atoms with van der Waals surface area (Å²) < 4.78 is 5.44. The van der Waals surface area contributed by atoms with Crippen LogP contribution in [-0.2, 0) is 11.3 Å². The maximum Gasteiger partial charge on any atom is 0.410 e. The van der Waals surface area contributed by atoms with E-state index in [2.05, 4.69) is 16.8 Å². The number of hydrogen-bond donors (Lipinski definition) is 0. The minimum absolute atomic E-state index is 0.165. The SMILES string of the molecule is CN1CCN(CCC2CCN(C(=O)OCc3ccccc3)CC2)CC1. The molecule has 5 heteroatoms. The van der Waals surface area contributed by atoms with Crippen molar-refractivity contribution in [2.24, 2.45) is 5.92 Å². The molecule has 0 saturated carbocycles. The summed E-state index contributed by atoms with van der Waals surface area (Å²) in [5, 5.41) is 0. The highest BCUT2D eigenvalue weighted by Crippen LogP contribution is 2.22. The molecule has 1 aromatic carbocycles. The van der Waals surface area contributed by atoms with E-state index >= 15 is 0 Å². The highest BCUT2D eigenvalue weighted by molar-refractivity contribution is 5.67. The molecule has 0 atom stereocenters. The molecule has 5 nitrogen and oxygen atoms in total. The first-order valence-corrected chi connectivity index (χ1v) is 9.57. The summed E-state index contributed by atoms with van der Waals surface area (Å²) >= 11 is 0. The van der Waals surface area contributed by atoms with E-state index in [0.29, 0.717) is 6.61 Å². The van der Waals surface area contributed by atoms with E-state index in [1.54, 1.807) is 0 Å². The Morgan fingerprint density at radius 3 is 2.40 bits per heavy atom. The average molecular weight is 345 g/mol. The maximum absolute atomic E-state index is 12.2. The first kappa shape index (κ1) is 18.2. The zero-order chi connectivity index (χ0) is 17.5. The third-order valence-electron chi connectivity index (χ3n) is 5.53. The highest BCUT2D eigenvalue weighted by atomic mass is 16.6. The summed E-state index contributed by atoms with van der Waals surface area (Å²) in [5.74, 6) is 0.748. The summed E-state index contributed by atoms with van der Waals surface area (Å²) in [6, 6.07) is 9.87. The van der Waals surface area contributed by atoms with Gasteiger partial charge in [-0.1, -0.05) is 30.3 Å². The van der Waals surface area contributed by atoms with Crippen LogP contribution in [0, 0.1) is 5.92 Å². The normalized spacial score (nSPS) is 20.6. The molecular weight excluding hydrogens is 314 g/mol. The van der Waals surface area contributed by atoms with Crippen LogP contribution in [0.15, 0.2) is 30.3 Å². The predicted octanol–water partition coefficient (Wildman–Crippen LogP) is 2.67. The molecule has 2 aliphatic rings. The van der Waals surface area contributed by atoms with Gasteiger partial charge in [0.05, 0.1) is 0 Å². The molecule has 2 aliphatic heterocycles. The van der Waals surface area contributed by atoms with Gasteiger partial charge in [0.2, 0.25) is 0 Å². The molecular formula is C20H31N3O2. The van der Waals surface area contributed by atoms with Crippen LogP contribution in [0.5, 0.6) is 0 Å². The molecule has 1 amide bonds. The number of likely N-dealkylation sites (tertiary alicyclic amines) is 1. The van der Waals surface area contributed by atoms with Crippen molar-refractivity contribution in [3.05, 3.63) is 35.9 Å². The van der Waals surface area contributed by atoms with Crippen LogP contribution in [0.25, 0.3) is 0 Å². The van der Waals surface area contributed by atoms with Gasteiger partial charge in [0.1, 0.15) is 6.61 Å². The third kappa shape index (κ3) is 5.72. The molecule has 0 radical (unpaired) electrons. The number of benzene rings is 1. The lowest BCUT2D eigenvalue weighted by Crippen LogP contribution is -2.45. The first-order chi connectivity index (χ1) is 12.2. The topological polar surface area (TPSA) is 36.0 Å². The number of carbonyl (C=O) groups excluding carboxylic acids is 1. The van der Waals surface area contributed by atoms with Crippen molar-refractivity contribution in [3.8, 4) is 0 Å². The second-order valence-corrected chi connectivity index (χ2v) is 7.40. The van der Waals surface area contributed by atoms with E-state index in [0.717, 1.165) is 37.4 Å². The number of hydrogen-bond acceptors (Lipinski definition) is 4. The lowest BCUT2D eigenvalue weighted by molar-refractivity contribution is 0.0787. The molecule has 2 saturated heterocycles. The Balaban J connectivity index is 1.32. The number of amides is 1. The van der Waals surface area contributed by atoms with E-state index in [1.807, 2.05) is 35.2 Å². The summed E-state index contributed by atoms with van der Waals surface area (Å²) in [7, 11) is 2.20. The summed E-state index contributed by atoms with van der Waals surface area (Å²) in [4.78, 5) is 19.1. The van der Waals surface area contributed by atoms with Gasteiger partial charge in [-0.3, -0.25) is 0 Å². The van der Waals surface area contributed by atoms with Crippen molar-refractivity contribution in [2.45, 2.75) is 25.9 Å². The van der Waals surface area contributed by atoms with Crippen LogP contribution in [-0.4, -0.2) is 73.7 Å². The van der Waals surface area contributed by atoms with Crippen molar-refractivity contribution >= 4 is 6.09 Å². The van der Waals surface area contributed by atoms with Crippen LogP contribution < -0.4 is 0 Å². The Bertz CT molecular complexity index is 521. The molecule has 0 unspecified atom stereocenters. The number of rotatable bonds is 5. The van der Waals surface area contributed by atoms with Gasteiger partial charge in [0.25, 0.3) is 0 Å². The molecule has 2 fully saturated rings. The minimum Gasteiger partial charge on any atom is -0.445 e. The van der Waals surface area contributed by atoms with Crippen molar-refractivity contribution < 1.29 is 9.53 Å². The zero-order valence-electron chi connectivity index (χ0n) is 15.4. The average Bonchev–Trinajstić information content (AvgIpc) is 2.67. The lowest BCUT2D eigenvalue weighted by Gasteiger charge is -2.35. The van der Waals surface area contributed by atoms with Gasteiger partial charge in [0, 0.05) is 39.3 Å². The number of piperidine rings is 1. The number of likely N-dealkylation sites (N-methyl/N-ethyl adjacent to an activating group) is 1. The number of ether oxygens (including phenoxy) is 1. The third-order valence-corrected chi connectivity index (χ3v) is 5.53. The van der Waals surface area contributed by atoms with E-state index in [1.165, 1.54) is 39.1 Å². The van der Waals surface area contributed by atoms with Crippen molar-refractivity contribution in [1.82, 2.24) is 14.7 Å². The predicted molar refractivity (Wildman–Crippen MR) is 99.5 cm³/mol. The number of nitrogens with zero attached hydrogens (tertiary/aromatic N) is 3. The quantitative estimate of drug-likeness (QED) is 0.822. The molecule has 25 heavy (non-hydrogen) atoms. The van der Waals surface area contributed by atoms with E-state index in [-0.39, 0.29) is 6.09 Å². The minimum atomic E-state index is -0.165. The van der Waals surface area contributed by atoms with Gasteiger partial charge in [-0.15, -0.1) is 0 Å². The Morgan fingerprint density at radius 2 is 1.72 bits per heavy atom. The maximum atomic E-state index is 12.2. The molecule has 2 heterocycles. The van der Waals surface area contributed by atoms with E-state index in [9.17, 15) is 4.79 Å². The molecule has 3 rings (SSSR count). The Labute approximate surface area is 151 Å². The van der Waals surface area contributed by atoms with Crippen LogP contribution >= 0.6 is 0 Å². The molecule has 0 bridgehead atoms. The summed E-state index contributed by atoms with van der Waals surface area (Å²) in [5.41, 5.74) is 1.04. The fourth-order valence-electron chi connectivity index (χ4n) is 3.65. The molecule has 0 aromatic heterocycles. The monoisotopic (exact) mass is 345 g/mol. The van der Waals surface area contributed by atoms with Crippen LogP contribution in [0.4, 0.5) is 4.79 Å².